The molecular weight excluding hydrogens is 290 g/mol. The average Bonchev–Trinajstić information content (AvgIpc) is 2.92. The Morgan fingerprint density at radius 1 is 1.26 bits per heavy atom. The van der Waals surface area contributed by atoms with Crippen molar-refractivity contribution in [3.8, 4) is 0 Å². The molecule has 1 amide bonds. The van der Waals surface area contributed by atoms with Gasteiger partial charge in [-0.2, -0.15) is 0 Å². The first-order chi connectivity index (χ1) is 10.7. The lowest BCUT2D eigenvalue weighted by atomic mass is 9.86. The highest BCUT2D eigenvalue weighted by molar-refractivity contribution is 6.42. The van der Waals surface area contributed by atoms with Crippen molar-refractivity contribution in [3.05, 3.63) is 35.4 Å². The number of hydrogen-bond acceptors (Lipinski definition) is 3. The monoisotopic (exact) mass is 317 g/mol. The number of Topliss-reactive ketones (excluding diaryl/α,β-unsaturated/α-hetero) is 1. The standard InChI is InChI=1S/C19H27NO3/c1-13(21)12-16-6-5-11-20(16)18(23)17(22)14-7-9-15(10-8-14)19(2,3)4/h7-10,13,16,21H,5-6,11-12H2,1-4H3. The molecule has 1 aromatic carbocycles. The van der Waals surface area contributed by atoms with Crippen molar-refractivity contribution < 1.29 is 14.7 Å². The van der Waals surface area contributed by atoms with Crippen LogP contribution >= 0.6 is 0 Å². The van der Waals surface area contributed by atoms with E-state index < -0.39 is 17.8 Å². The fraction of sp³-hybridized carbons (Fsp3) is 0.579. The average molecular weight is 317 g/mol. The van der Waals surface area contributed by atoms with Crippen LogP contribution in [0.25, 0.3) is 0 Å². The van der Waals surface area contributed by atoms with Gasteiger partial charge >= 0.3 is 0 Å². The van der Waals surface area contributed by atoms with Gasteiger partial charge in [0.05, 0.1) is 6.10 Å². The van der Waals surface area contributed by atoms with E-state index in [1.54, 1.807) is 24.0 Å². The van der Waals surface area contributed by atoms with E-state index in [-0.39, 0.29) is 11.5 Å². The molecule has 4 nitrogen and oxygen atoms in total. The summed E-state index contributed by atoms with van der Waals surface area (Å²) in [5.41, 5.74) is 1.59. The number of benzene rings is 1. The van der Waals surface area contributed by atoms with E-state index >= 15 is 0 Å². The van der Waals surface area contributed by atoms with Gasteiger partial charge in [-0.05, 0) is 37.2 Å². The van der Waals surface area contributed by atoms with Crippen molar-refractivity contribution in [2.24, 2.45) is 0 Å². The Hall–Kier alpha value is -1.68. The van der Waals surface area contributed by atoms with E-state index in [9.17, 15) is 14.7 Å². The van der Waals surface area contributed by atoms with Crippen LogP contribution in [0.2, 0.25) is 0 Å². The van der Waals surface area contributed by atoms with Crippen LogP contribution in [0.1, 0.15) is 62.9 Å². The predicted molar refractivity (Wildman–Crippen MR) is 90.5 cm³/mol. The van der Waals surface area contributed by atoms with Gasteiger partial charge in [-0.3, -0.25) is 9.59 Å². The molecule has 4 heteroatoms. The molecule has 1 N–H and O–H groups in total. The second-order valence-electron chi connectivity index (χ2n) is 7.54. The van der Waals surface area contributed by atoms with Crippen molar-refractivity contribution in [2.75, 3.05) is 6.54 Å². The number of aliphatic hydroxyl groups excluding tert-OH is 1. The molecule has 1 aliphatic heterocycles. The first-order valence-corrected chi connectivity index (χ1v) is 8.34. The third-order valence-corrected chi connectivity index (χ3v) is 4.46. The van der Waals surface area contributed by atoms with Crippen LogP contribution in [0.15, 0.2) is 24.3 Å². The molecule has 0 radical (unpaired) electrons. The van der Waals surface area contributed by atoms with Crippen LogP contribution in [0.4, 0.5) is 0 Å². The maximum absolute atomic E-state index is 12.5. The lowest BCUT2D eigenvalue weighted by Crippen LogP contribution is -2.41. The molecule has 0 aromatic heterocycles. The zero-order valence-electron chi connectivity index (χ0n) is 14.5. The smallest absolute Gasteiger partial charge is 0.295 e. The number of amides is 1. The van der Waals surface area contributed by atoms with E-state index in [4.69, 9.17) is 0 Å². The SMILES string of the molecule is CC(O)CC1CCCN1C(=O)C(=O)c1ccc(C(C)(C)C)cc1. The van der Waals surface area contributed by atoms with E-state index in [0.717, 1.165) is 18.4 Å². The number of nitrogens with zero attached hydrogens (tertiary/aromatic N) is 1. The summed E-state index contributed by atoms with van der Waals surface area (Å²) in [7, 11) is 0. The second kappa shape index (κ2) is 6.83. The highest BCUT2D eigenvalue weighted by Crippen LogP contribution is 2.24. The van der Waals surface area contributed by atoms with Crippen molar-refractivity contribution in [2.45, 2.75) is 64.5 Å². The van der Waals surface area contributed by atoms with Gasteiger partial charge in [-0.1, -0.05) is 45.0 Å². The third kappa shape index (κ3) is 4.20. The Morgan fingerprint density at radius 2 is 1.87 bits per heavy atom. The molecule has 0 aliphatic carbocycles. The number of carbonyl (C=O) groups is 2. The molecule has 0 bridgehead atoms. The zero-order chi connectivity index (χ0) is 17.2. The van der Waals surface area contributed by atoms with E-state index in [2.05, 4.69) is 20.8 Å². The summed E-state index contributed by atoms with van der Waals surface area (Å²) in [6, 6.07) is 7.27. The molecule has 1 fully saturated rings. The minimum Gasteiger partial charge on any atom is -0.393 e. The van der Waals surface area contributed by atoms with Gasteiger partial charge in [-0.15, -0.1) is 0 Å². The third-order valence-electron chi connectivity index (χ3n) is 4.46. The molecule has 2 unspecified atom stereocenters. The minimum atomic E-state index is -0.463. The number of rotatable bonds is 4. The second-order valence-corrected chi connectivity index (χ2v) is 7.54. The van der Waals surface area contributed by atoms with Crippen LogP contribution < -0.4 is 0 Å². The number of likely N-dealkylation sites (tertiary alicyclic amines) is 1. The van der Waals surface area contributed by atoms with Crippen LogP contribution in [-0.4, -0.2) is 40.4 Å². The quantitative estimate of drug-likeness (QED) is 0.686. The molecular formula is C19H27NO3. The Bertz CT molecular complexity index is 569. The highest BCUT2D eigenvalue weighted by atomic mass is 16.3. The fourth-order valence-electron chi connectivity index (χ4n) is 3.12. The van der Waals surface area contributed by atoms with E-state index in [0.29, 0.717) is 18.5 Å². The number of hydrogen-bond donors (Lipinski definition) is 1. The Balaban J connectivity index is 2.11. The summed E-state index contributed by atoms with van der Waals surface area (Å²) in [6.07, 6.45) is 1.81. The van der Waals surface area contributed by atoms with Crippen molar-refractivity contribution >= 4 is 11.7 Å². The summed E-state index contributed by atoms with van der Waals surface area (Å²) >= 11 is 0. The maximum atomic E-state index is 12.5. The van der Waals surface area contributed by atoms with Gasteiger partial charge in [0.15, 0.2) is 0 Å². The van der Waals surface area contributed by atoms with Gasteiger partial charge in [0.25, 0.3) is 5.91 Å². The summed E-state index contributed by atoms with van der Waals surface area (Å²) in [5.74, 6) is -0.903. The first-order valence-electron chi connectivity index (χ1n) is 8.34. The summed E-state index contributed by atoms with van der Waals surface area (Å²) in [6.45, 7) is 8.65. The van der Waals surface area contributed by atoms with Gasteiger partial charge in [0.1, 0.15) is 0 Å². The molecule has 1 saturated heterocycles. The lowest BCUT2D eigenvalue weighted by Gasteiger charge is -2.25. The summed E-state index contributed by atoms with van der Waals surface area (Å²) in [5, 5.41) is 9.55. The topological polar surface area (TPSA) is 57.6 Å². The van der Waals surface area contributed by atoms with Crippen LogP contribution in [-0.2, 0) is 10.2 Å². The summed E-state index contributed by atoms with van der Waals surface area (Å²) < 4.78 is 0. The highest BCUT2D eigenvalue weighted by Gasteiger charge is 2.33. The molecule has 1 aliphatic rings. The van der Waals surface area contributed by atoms with Crippen molar-refractivity contribution in [1.29, 1.82) is 0 Å². The zero-order valence-corrected chi connectivity index (χ0v) is 14.5. The minimum absolute atomic E-state index is 0.0168. The lowest BCUT2D eigenvalue weighted by molar-refractivity contribution is -0.127. The van der Waals surface area contributed by atoms with E-state index in [1.165, 1.54) is 0 Å². The largest absolute Gasteiger partial charge is 0.393 e. The number of aliphatic hydroxyl groups is 1. The normalized spacial score (nSPS) is 19.7. The molecule has 1 aromatic rings. The fourth-order valence-corrected chi connectivity index (χ4v) is 3.12. The number of ketones is 1. The predicted octanol–water partition coefficient (Wildman–Crippen LogP) is 2.93. The van der Waals surface area contributed by atoms with Crippen LogP contribution in [0.3, 0.4) is 0 Å². The first kappa shape index (κ1) is 17.7. The molecule has 0 spiro atoms. The van der Waals surface area contributed by atoms with Gasteiger partial charge in [0, 0.05) is 18.2 Å². The molecule has 0 saturated carbocycles. The van der Waals surface area contributed by atoms with Gasteiger partial charge in [0.2, 0.25) is 5.78 Å². The van der Waals surface area contributed by atoms with Gasteiger partial charge in [-0.25, -0.2) is 0 Å². The molecule has 23 heavy (non-hydrogen) atoms. The van der Waals surface area contributed by atoms with E-state index in [1.807, 2.05) is 12.1 Å². The Labute approximate surface area is 138 Å². The van der Waals surface area contributed by atoms with Crippen molar-refractivity contribution in [1.82, 2.24) is 4.90 Å². The Morgan fingerprint density at radius 3 is 2.39 bits per heavy atom. The maximum Gasteiger partial charge on any atom is 0.295 e. The molecule has 2 rings (SSSR count). The Kier molecular flexibility index (Phi) is 5.25. The van der Waals surface area contributed by atoms with Gasteiger partial charge < -0.3 is 10.0 Å². The summed E-state index contributed by atoms with van der Waals surface area (Å²) in [4.78, 5) is 26.6. The molecule has 1 heterocycles. The molecule has 2 atom stereocenters. The van der Waals surface area contributed by atoms with Crippen LogP contribution in [0.5, 0.6) is 0 Å². The van der Waals surface area contributed by atoms with Crippen LogP contribution in [0, 0.1) is 0 Å². The van der Waals surface area contributed by atoms with Crippen molar-refractivity contribution in [3.63, 3.8) is 0 Å². The number of carbonyl (C=O) groups excluding carboxylic acids is 2. The molecule has 126 valence electrons.